The van der Waals surface area contributed by atoms with Gasteiger partial charge < -0.3 is 30.3 Å². The topological polar surface area (TPSA) is 184 Å². The van der Waals surface area contributed by atoms with Crippen LogP contribution < -0.4 is 25.8 Å². The third kappa shape index (κ3) is 7.90. The van der Waals surface area contributed by atoms with Gasteiger partial charge in [0, 0.05) is 12.1 Å². The van der Waals surface area contributed by atoms with Crippen molar-refractivity contribution in [2.75, 3.05) is 35.5 Å². The van der Waals surface area contributed by atoms with Crippen LogP contribution in [0.1, 0.15) is 0 Å². The van der Waals surface area contributed by atoms with E-state index < -0.39 is 24.0 Å². The highest BCUT2D eigenvalue weighted by Crippen LogP contribution is 2.35. The molecule has 0 radical (unpaired) electrons. The molecule has 206 valence electrons. The molecule has 0 unspecified atom stereocenters. The number of nitrogens with zero attached hydrogens (tertiary/aromatic N) is 2. The van der Waals surface area contributed by atoms with Gasteiger partial charge in [-0.15, -0.1) is 0 Å². The molecule has 14 nitrogen and oxygen atoms in total. The maximum atomic E-state index is 12.5. The van der Waals surface area contributed by atoms with Gasteiger partial charge in [0.25, 0.3) is 11.8 Å². The number of phenolic OH excluding ortho intramolecular Hbond substituents is 2. The number of phenols is 2. The first-order valence-electron chi connectivity index (χ1n) is 10.9. The first-order valence-corrected chi connectivity index (χ1v) is 11.6. The number of amides is 4. The SMILES string of the molecule is COC(=O)Nc1cc(O)c(NC(=O)Cn2cc[n+](CC(=O)Nc3cc(Cl)c(NC(=O)OC)cc3O)c2)cc1Cl. The molecule has 0 aliphatic carbocycles. The van der Waals surface area contributed by atoms with Crippen molar-refractivity contribution < 1.29 is 43.4 Å². The average molecular weight is 582 g/mol. The van der Waals surface area contributed by atoms with Crippen LogP contribution in [0.25, 0.3) is 0 Å². The maximum Gasteiger partial charge on any atom is 0.411 e. The number of rotatable bonds is 8. The molecule has 3 aromatic rings. The molecule has 0 aliphatic heterocycles. The maximum absolute atomic E-state index is 12.5. The smallest absolute Gasteiger partial charge is 0.411 e. The third-order valence-corrected chi connectivity index (χ3v) is 5.59. The van der Waals surface area contributed by atoms with Gasteiger partial charge in [0.05, 0.1) is 47.0 Å². The van der Waals surface area contributed by atoms with Crippen molar-refractivity contribution in [3.63, 3.8) is 0 Å². The Kier molecular flexibility index (Phi) is 9.41. The second-order valence-electron chi connectivity index (χ2n) is 7.79. The number of carbonyl (C=O) groups is 4. The van der Waals surface area contributed by atoms with Gasteiger partial charge in [-0.3, -0.25) is 20.2 Å². The molecule has 0 atom stereocenters. The van der Waals surface area contributed by atoms with E-state index in [0.29, 0.717) is 0 Å². The summed E-state index contributed by atoms with van der Waals surface area (Å²) < 4.78 is 11.9. The summed E-state index contributed by atoms with van der Waals surface area (Å²) in [5.41, 5.74) is 0.221. The molecule has 16 heteroatoms. The quantitative estimate of drug-likeness (QED) is 0.173. The predicted molar refractivity (Wildman–Crippen MR) is 140 cm³/mol. The van der Waals surface area contributed by atoms with Crippen molar-refractivity contribution in [1.82, 2.24) is 4.57 Å². The zero-order valence-electron chi connectivity index (χ0n) is 20.4. The minimum absolute atomic E-state index is 0.0195. The van der Waals surface area contributed by atoms with E-state index >= 15 is 0 Å². The Balaban J connectivity index is 1.58. The van der Waals surface area contributed by atoms with Crippen molar-refractivity contribution in [1.29, 1.82) is 0 Å². The average Bonchev–Trinajstić information content (AvgIpc) is 3.30. The van der Waals surface area contributed by atoms with Gasteiger partial charge in [-0.2, -0.15) is 0 Å². The molecule has 0 fully saturated rings. The number of nitrogens with one attached hydrogen (secondary N) is 4. The van der Waals surface area contributed by atoms with Gasteiger partial charge in [0.1, 0.15) is 23.9 Å². The number of hydrogen-bond donors (Lipinski definition) is 6. The largest absolute Gasteiger partial charge is 0.506 e. The van der Waals surface area contributed by atoms with Crippen LogP contribution in [-0.4, -0.2) is 53.0 Å². The molecule has 0 saturated heterocycles. The molecule has 6 N–H and O–H groups in total. The van der Waals surface area contributed by atoms with E-state index in [0.717, 1.165) is 12.1 Å². The summed E-state index contributed by atoms with van der Waals surface area (Å²) in [6.07, 6.45) is 3.02. The Hall–Kier alpha value is -4.69. The zero-order chi connectivity index (χ0) is 28.7. The predicted octanol–water partition coefficient (Wildman–Crippen LogP) is 3.13. The summed E-state index contributed by atoms with van der Waals surface area (Å²) in [5.74, 6) is -1.70. The second kappa shape index (κ2) is 12.7. The molecule has 0 bridgehead atoms. The molecule has 3 rings (SSSR count). The van der Waals surface area contributed by atoms with Crippen LogP contribution in [0.3, 0.4) is 0 Å². The lowest BCUT2D eigenvalue weighted by atomic mass is 10.2. The van der Waals surface area contributed by atoms with Crippen LogP contribution in [0.15, 0.2) is 43.0 Å². The monoisotopic (exact) mass is 581 g/mol. The van der Waals surface area contributed by atoms with Crippen LogP contribution in [0.2, 0.25) is 10.0 Å². The number of anilines is 4. The number of methoxy groups -OCH3 is 2. The summed E-state index contributed by atoms with van der Waals surface area (Å²) >= 11 is 12.2. The Bertz CT molecular complexity index is 1320. The van der Waals surface area contributed by atoms with Crippen LogP contribution in [0.5, 0.6) is 11.5 Å². The molecular formula is C23H23Cl2N6O8+. The number of aromatic hydroxyl groups is 2. The van der Waals surface area contributed by atoms with Gasteiger partial charge in [-0.1, -0.05) is 23.2 Å². The van der Waals surface area contributed by atoms with Gasteiger partial charge in [0.2, 0.25) is 6.33 Å². The van der Waals surface area contributed by atoms with Gasteiger partial charge in [-0.25, -0.2) is 18.7 Å². The number of benzene rings is 2. The molecular weight excluding hydrogens is 559 g/mol. The summed E-state index contributed by atoms with van der Waals surface area (Å²) in [6, 6.07) is 4.84. The molecule has 39 heavy (non-hydrogen) atoms. The van der Waals surface area contributed by atoms with Crippen molar-refractivity contribution >= 4 is 70.0 Å². The number of imidazole rings is 1. The fraction of sp³-hybridized carbons (Fsp3) is 0.174. The van der Waals surface area contributed by atoms with E-state index in [1.54, 1.807) is 12.4 Å². The summed E-state index contributed by atoms with van der Waals surface area (Å²) in [4.78, 5) is 47.6. The molecule has 0 aliphatic rings. The van der Waals surface area contributed by atoms with Crippen molar-refractivity contribution in [2.24, 2.45) is 0 Å². The van der Waals surface area contributed by atoms with Gasteiger partial charge >= 0.3 is 12.2 Å². The summed E-state index contributed by atoms with van der Waals surface area (Å²) in [7, 11) is 2.34. The van der Waals surface area contributed by atoms with Crippen molar-refractivity contribution in [3.8, 4) is 11.5 Å². The number of halogens is 2. The van der Waals surface area contributed by atoms with Crippen LogP contribution in [0.4, 0.5) is 32.3 Å². The zero-order valence-corrected chi connectivity index (χ0v) is 22.0. The van der Waals surface area contributed by atoms with E-state index in [4.69, 9.17) is 23.2 Å². The van der Waals surface area contributed by atoms with E-state index in [1.807, 2.05) is 0 Å². The highest BCUT2D eigenvalue weighted by molar-refractivity contribution is 6.34. The van der Waals surface area contributed by atoms with E-state index in [-0.39, 0.29) is 57.4 Å². The summed E-state index contributed by atoms with van der Waals surface area (Å²) in [5, 5.41) is 30.1. The van der Waals surface area contributed by atoms with E-state index in [9.17, 15) is 29.4 Å². The fourth-order valence-electron chi connectivity index (χ4n) is 3.17. The Morgan fingerprint density at radius 2 is 1.28 bits per heavy atom. The minimum atomic E-state index is -0.783. The molecule has 1 heterocycles. The van der Waals surface area contributed by atoms with Gasteiger partial charge in [0.15, 0.2) is 13.1 Å². The van der Waals surface area contributed by atoms with E-state index in [1.165, 1.54) is 41.8 Å². The molecule has 2 aromatic carbocycles. The standard InChI is InChI=1S/C23H22Cl2N6O8/c1-38-22(36)28-14-7-18(32)16(5-12(14)24)26-20(34)9-30-3-4-31(11-30)10-21(35)27-17-6-13(25)15(8-19(17)33)29-23(37)39-2/h3-8,11H,9-10H2,1-2H3,(H5-,26,27,28,29,32,33,34,35,36,37)/p+1. The Morgan fingerprint density at radius 1 is 0.795 bits per heavy atom. The Labute approximate surface area is 231 Å². The molecule has 0 saturated carbocycles. The van der Waals surface area contributed by atoms with E-state index in [2.05, 4.69) is 30.7 Å². The molecule has 4 amide bonds. The summed E-state index contributed by atoms with van der Waals surface area (Å²) in [6.45, 7) is -0.336. The lowest BCUT2D eigenvalue weighted by Gasteiger charge is -2.11. The first-order chi connectivity index (χ1) is 18.5. The number of aromatic nitrogens is 2. The highest BCUT2D eigenvalue weighted by Gasteiger charge is 2.17. The fourth-order valence-corrected chi connectivity index (χ4v) is 3.60. The lowest BCUT2D eigenvalue weighted by molar-refractivity contribution is -0.683. The molecule has 0 spiro atoms. The highest BCUT2D eigenvalue weighted by atomic mass is 35.5. The normalized spacial score (nSPS) is 10.4. The van der Waals surface area contributed by atoms with Crippen LogP contribution in [-0.2, 0) is 32.2 Å². The lowest BCUT2D eigenvalue weighted by Crippen LogP contribution is -2.38. The Morgan fingerprint density at radius 3 is 1.77 bits per heavy atom. The van der Waals surface area contributed by atoms with Crippen molar-refractivity contribution in [3.05, 3.63) is 53.0 Å². The molecule has 1 aromatic heterocycles. The minimum Gasteiger partial charge on any atom is -0.506 e. The first kappa shape index (κ1) is 28.9. The van der Waals surface area contributed by atoms with Crippen molar-refractivity contribution in [2.45, 2.75) is 13.1 Å². The van der Waals surface area contributed by atoms with Crippen LogP contribution >= 0.6 is 23.2 Å². The number of carbonyl (C=O) groups excluding carboxylic acids is 4. The second-order valence-corrected chi connectivity index (χ2v) is 8.60. The number of ether oxygens (including phenoxy) is 2. The third-order valence-electron chi connectivity index (χ3n) is 4.96. The van der Waals surface area contributed by atoms with Gasteiger partial charge in [-0.05, 0) is 12.1 Å². The van der Waals surface area contributed by atoms with Crippen LogP contribution in [0, 0.1) is 0 Å². The number of hydrogen-bond acceptors (Lipinski definition) is 8.